The van der Waals surface area contributed by atoms with Crippen LogP contribution in [-0.4, -0.2) is 12.4 Å². The lowest BCUT2D eigenvalue weighted by Gasteiger charge is -1.92. The predicted molar refractivity (Wildman–Crippen MR) is 72.8 cm³/mol. The molecule has 0 aliphatic rings. The summed E-state index contributed by atoms with van der Waals surface area (Å²) >= 11 is 0. The van der Waals surface area contributed by atoms with E-state index in [1.807, 2.05) is 42.5 Å². The van der Waals surface area contributed by atoms with E-state index >= 15 is 0 Å². The van der Waals surface area contributed by atoms with Crippen LogP contribution in [0.2, 0.25) is 0 Å². The topological polar surface area (TPSA) is 24.7 Å². The third-order valence-electron chi connectivity index (χ3n) is 2.36. The molecule has 0 amide bonds. The number of aryl methyl sites for hydroxylation is 1. The average Bonchev–Trinajstić information content (AvgIpc) is 2.38. The molecule has 0 spiro atoms. The van der Waals surface area contributed by atoms with E-state index in [1.165, 1.54) is 5.56 Å². The third kappa shape index (κ3) is 3.68. The number of benzene rings is 2. The Kier molecular flexibility index (Phi) is 3.81. The van der Waals surface area contributed by atoms with Gasteiger partial charge in [-0.25, -0.2) is 0 Å². The molecular weight excluding hydrogens is 208 g/mol. The molecule has 0 aromatic heterocycles. The summed E-state index contributed by atoms with van der Waals surface area (Å²) in [5.41, 5.74) is 3.35. The van der Waals surface area contributed by atoms with Gasteiger partial charge in [-0.2, -0.15) is 10.2 Å². The van der Waals surface area contributed by atoms with Crippen LogP contribution in [-0.2, 0) is 0 Å². The van der Waals surface area contributed by atoms with Crippen LogP contribution in [0.4, 0.5) is 0 Å². The van der Waals surface area contributed by atoms with Crippen LogP contribution in [0.3, 0.4) is 0 Å². The highest BCUT2D eigenvalue weighted by molar-refractivity contribution is 5.82. The Labute approximate surface area is 101 Å². The molecule has 0 bridgehead atoms. The second-order valence-electron chi connectivity index (χ2n) is 3.81. The van der Waals surface area contributed by atoms with Crippen LogP contribution in [0.1, 0.15) is 16.7 Å². The first-order chi connectivity index (χ1) is 8.34. The maximum absolute atomic E-state index is 4.01. The van der Waals surface area contributed by atoms with Crippen molar-refractivity contribution < 1.29 is 0 Å². The third-order valence-corrected chi connectivity index (χ3v) is 2.36. The maximum Gasteiger partial charge on any atom is 0.0568 e. The second kappa shape index (κ2) is 5.75. The molecule has 0 heterocycles. The number of hydrogen-bond acceptors (Lipinski definition) is 2. The Morgan fingerprint density at radius 3 is 1.82 bits per heavy atom. The molecule has 0 aliphatic carbocycles. The van der Waals surface area contributed by atoms with Gasteiger partial charge in [0, 0.05) is 0 Å². The van der Waals surface area contributed by atoms with Gasteiger partial charge in [0.15, 0.2) is 0 Å². The molecular formula is C15H14N2. The second-order valence-corrected chi connectivity index (χ2v) is 3.81. The van der Waals surface area contributed by atoms with E-state index in [1.54, 1.807) is 12.4 Å². The predicted octanol–water partition coefficient (Wildman–Crippen LogP) is 3.45. The SMILES string of the molecule is Cc1ccc(C=NN=Cc2ccccc2)cc1. The summed E-state index contributed by atoms with van der Waals surface area (Å²) in [6.07, 6.45) is 3.49. The first-order valence-electron chi connectivity index (χ1n) is 5.53. The number of rotatable bonds is 3. The zero-order chi connectivity index (χ0) is 11.9. The van der Waals surface area contributed by atoms with E-state index in [0.717, 1.165) is 11.1 Å². The van der Waals surface area contributed by atoms with Crippen molar-refractivity contribution in [3.8, 4) is 0 Å². The molecule has 0 unspecified atom stereocenters. The number of hydrogen-bond donors (Lipinski definition) is 0. The largest absolute Gasteiger partial charge is 0.159 e. The quantitative estimate of drug-likeness (QED) is 0.561. The number of nitrogens with zero attached hydrogens (tertiary/aromatic N) is 2. The molecule has 0 N–H and O–H groups in total. The van der Waals surface area contributed by atoms with Gasteiger partial charge in [-0.1, -0.05) is 60.2 Å². The van der Waals surface area contributed by atoms with Crippen molar-refractivity contribution in [2.45, 2.75) is 6.92 Å². The molecule has 0 aliphatic heterocycles. The van der Waals surface area contributed by atoms with Gasteiger partial charge in [0.1, 0.15) is 0 Å². The zero-order valence-corrected chi connectivity index (χ0v) is 9.75. The molecule has 2 heteroatoms. The van der Waals surface area contributed by atoms with Gasteiger partial charge in [0.05, 0.1) is 12.4 Å². The van der Waals surface area contributed by atoms with Gasteiger partial charge >= 0.3 is 0 Å². The standard InChI is InChI=1S/C15H14N2/c1-13-7-9-15(10-8-13)12-17-16-11-14-5-3-2-4-6-14/h2-12H,1H3. The van der Waals surface area contributed by atoms with Gasteiger partial charge in [-0.15, -0.1) is 0 Å². The molecule has 0 fully saturated rings. The van der Waals surface area contributed by atoms with Crippen molar-refractivity contribution in [3.05, 3.63) is 71.3 Å². The van der Waals surface area contributed by atoms with Gasteiger partial charge in [0.2, 0.25) is 0 Å². The van der Waals surface area contributed by atoms with Gasteiger partial charge < -0.3 is 0 Å². The molecule has 2 aromatic carbocycles. The highest BCUT2D eigenvalue weighted by atomic mass is 15.2. The summed E-state index contributed by atoms with van der Waals surface area (Å²) in [5.74, 6) is 0. The van der Waals surface area contributed by atoms with Gasteiger partial charge in [-0.3, -0.25) is 0 Å². The fourth-order valence-electron chi connectivity index (χ4n) is 1.39. The molecule has 0 saturated heterocycles. The summed E-state index contributed by atoms with van der Waals surface area (Å²) in [6, 6.07) is 18.1. The monoisotopic (exact) mass is 222 g/mol. The van der Waals surface area contributed by atoms with Crippen molar-refractivity contribution >= 4 is 12.4 Å². The van der Waals surface area contributed by atoms with Crippen molar-refractivity contribution in [2.75, 3.05) is 0 Å². The molecule has 0 radical (unpaired) electrons. The minimum atomic E-state index is 1.05. The van der Waals surface area contributed by atoms with E-state index in [4.69, 9.17) is 0 Å². The summed E-state index contributed by atoms with van der Waals surface area (Å²) in [4.78, 5) is 0. The smallest absolute Gasteiger partial charge is 0.0568 e. The first kappa shape index (κ1) is 11.3. The van der Waals surface area contributed by atoms with Crippen molar-refractivity contribution in [2.24, 2.45) is 10.2 Å². The minimum Gasteiger partial charge on any atom is -0.159 e. The van der Waals surface area contributed by atoms with Crippen LogP contribution in [0, 0.1) is 6.92 Å². The summed E-state index contributed by atoms with van der Waals surface area (Å²) in [7, 11) is 0. The van der Waals surface area contributed by atoms with Crippen molar-refractivity contribution in [1.82, 2.24) is 0 Å². The Bertz CT molecular complexity index is 510. The van der Waals surface area contributed by atoms with Crippen LogP contribution >= 0.6 is 0 Å². The Morgan fingerprint density at radius 1 is 0.706 bits per heavy atom. The van der Waals surface area contributed by atoms with E-state index in [9.17, 15) is 0 Å². The van der Waals surface area contributed by atoms with Crippen molar-refractivity contribution in [3.63, 3.8) is 0 Å². The Morgan fingerprint density at radius 2 is 1.24 bits per heavy atom. The summed E-state index contributed by atoms with van der Waals surface area (Å²) < 4.78 is 0. The lowest BCUT2D eigenvalue weighted by molar-refractivity contribution is 1.26. The van der Waals surface area contributed by atoms with Gasteiger partial charge in [-0.05, 0) is 18.1 Å². The lowest BCUT2D eigenvalue weighted by Crippen LogP contribution is -1.81. The van der Waals surface area contributed by atoms with Crippen LogP contribution in [0.5, 0.6) is 0 Å². The first-order valence-corrected chi connectivity index (χ1v) is 5.53. The maximum atomic E-state index is 4.01. The normalized spacial score (nSPS) is 11.4. The molecule has 2 nitrogen and oxygen atoms in total. The Hall–Kier alpha value is -2.22. The molecule has 2 rings (SSSR count). The van der Waals surface area contributed by atoms with E-state index in [2.05, 4.69) is 29.3 Å². The van der Waals surface area contributed by atoms with E-state index in [0.29, 0.717) is 0 Å². The van der Waals surface area contributed by atoms with Crippen LogP contribution < -0.4 is 0 Å². The molecule has 2 aromatic rings. The Balaban J connectivity index is 1.98. The summed E-state index contributed by atoms with van der Waals surface area (Å²) in [6.45, 7) is 2.06. The van der Waals surface area contributed by atoms with E-state index < -0.39 is 0 Å². The highest BCUT2D eigenvalue weighted by Crippen LogP contribution is 2.00. The molecule has 17 heavy (non-hydrogen) atoms. The van der Waals surface area contributed by atoms with E-state index in [-0.39, 0.29) is 0 Å². The highest BCUT2D eigenvalue weighted by Gasteiger charge is 1.86. The molecule has 84 valence electrons. The van der Waals surface area contributed by atoms with Crippen LogP contribution in [0.15, 0.2) is 64.8 Å². The summed E-state index contributed by atoms with van der Waals surface area (Å²) in [5, 5.41) is 8.01. The van der Waals surface area contributed by atoms with Gasteiger partial charge in [0.25, 0.3) is 0 Å². The minimum absolute atomic E-state index is 1.05. The average molecular weight is 222 g/mol. The fourth-order valence-corrected chi connectivity index (χ4v) is 1.39. The molecule has 0 atom stereocenters. The fraction of sp³-hybridized carbons (Fsp3) is 0.0667. The lowest BCUT2D eigenvalue weighted by atomic mass is 10.2. The van der Waals surface area contributed by atoms with Crippen LogP contribution in [0.25, 0.3) is 0 Å². The zero-order valence-electron chi connectivity index (χ0n) is 9.75. The van der Waals surface area contributed by atoms with Crippen molar-refractivity contribution in [1.29, 1.82) is 0 Å². The molecule has 0 saturated carbocycles.